The van der Waals surface area contributed by atoms with Crippen molar-refractivity contribution in [1.29, 1.82) is 0 Å². The number of aliphatic hydroxyl groups is 1. The van der Waals surface area contributed by atoms with Crippen LogP contribution in [0, 0.1) is 5.82 Å². The lowest BCUT2D eigenvalue weighted by Crippen LogP contribution is -2.14. The largest absolute Gasteiger partial charge is 0.382 e. The summed E-state index contributed by atoms with van der Waals surface area (Å²) < 4.78 is 13.3. The van der Waals surface area contributed by atoms with Gasteiger partial charge in [0.25, 0.3) is 0 Å². The van der Waals surface area contributed by atoms with E-state index in [-0.39, 0.29) is 17.2 Å². The maximum atomic E-state index is 13.3. The molecule has 140 valence electrons. The van der Waals surface area contributed by atoms with Gasteiger partial charge in [-0.3, -0.25) is 4.79 Å². The van der Waals surface area contributed by atoms with E-state index in [0.29, 0.717) is 34.6 Å². The van der Waals surface area contributed by atoms with Gasteiger partial charge in [-0.1, -0.05) is 48.0 Å². The molecular formula is C22H16ClFN2O2. The number of Topliss-reactive ketones (excluding diaryl/α,β-unsaturated/α-hetero) is 1. The van der Waals surface area contributed by atoms with E-state index in [0.717, 1.165) is 5.56 Å². The predicted molar refractivity (Wildman–Crippen MR) is 106 cm³/mol. The van der Waals surface area contributed by atoms with Gasteiger partial charge in [0.1, 0.15) is 11.9 Å². The van der Waals surface area contributed by atoms with Crippen molar-refractivity contribution in [2.75, 3.05) is 0 Å². The smallest absolute Gasteiger partial charge is 0.167 e. The first-order chi connectivity index (χ1) is 13.5. The van der Waals surface area contributed by atoms with Crippen LogP contribution in [-0.4, -0.2) is 21.6 Å². The van der Waals surface area contributed by atoms with E-state index in [4.69, 9.17) is 11.6 Å². The molecule has 0 radical (unpaired) electrons. The Bertz CT molecular complexity index is 1080. The summed E-state index contributed by atoms with van der Waals surface area (Å²) in [5, 5.41) is 10.6. The average molecular weight is 395 g/mol. The summed E-state index contributed by atoms with van der Waals surface area (Å²) in [5.74, 6) is -0.199. The minimum absolute atomic E-state index is 0.0122. The molecule has 28 heavy (non-hydrogen) atoms. The molecule has 3 aromatic rings. The molecular weight excluding hydrogens is 379 g/mol. The van der Waals surface area contributed by atoms with Crippen molar-refractivity contribution < 1.29 is 14.3 Å². The fourth-order valence-corrected chi connectivity index (χ4v) is 3.49. The lowest BCUT2D eigenvalue weighted by molar-refractivity contribution is 0.0992. The number of aliphatic hydroxyl groups excluding tert-OH is 1. The number of nitrogens with zero attached hydrogens (tertiary/aromatic N) is 2. The van der Waals surface area contributed by atoms with Crippen molar-refractivity contribution in [2.45, 2.75) is 18.9 Å². The standard InChI is InChI=1S/C22H16ClFN2O2/c23-17-10-13(6-7-18(17)24)11-20(27)15-8-9-25-22-16(15)12-19(26-22)21(28)14-4-2-1-3-5-14/h1-10,21,28H,11-12H2. The number of carbonyl (C=O) groups excluding carboxylic acids is 1. The summed E-state index contributed by atoms with van der Waals surface area (Å²) in [5.41, 5.74) is 3.13. The number of pyridine rings is 1. The SMILES string of the molecule is O=C(Cc1ccc(F)c(Cl)c1)c1ccnc2c1CC(C(O)c1ccccc1)=N2. The number of rotatable bonds is 5. The van der Waals surface area contributed by atoms with Crippen LogP contribution in [0.1, 0.15) is 33.2 Å². The molecule has 2 aromatic carbocycles. The Hall–Kier alpha value is -2.89. The Balaban J connectivity index is 1.57. The van der Waals surface area contributed by atoms with E-state index in [1.165, 1.54) is 18.3 Å². The van der Waals surface area contributed by atoms with Gasteiger partial charge >= 0.3 is 0 Å². The van der Waals surface area contributed by atoms with Crippen molar-refractivity contribution in [2.24, 2.45) is 4.99 Å². The van der Waals surface area contributed by atoms with Gasteiger partial charge < -0.3 is 5.11 Å². The highest BCUT2D eigenvalue weighted by molar-refractivity contribution is 6.30. The topological polar surface area (TPSA) is 62.5 Å². The number of benzene rings is 2. The molecule has 1 N–H and O–H groups in total. The van der Waals surface area contributed by atoms with Crippen molar-refractivity contribution >= 4 is 28.9 Å². The summed E-state index contributed by atoms with van der Waals surface area (Å²) in [7, 11) is 0. The van der Waals surface area contributed by atoms with E-state index >= 15 is 0 Å². The van der Waals surface area contributed by atoms with Crippen LogP contribution in [0.5, 0.6) is 0 Å². The summed E-state index contributed by atoms with van der Waals surface area (Å²) >= 11 is 5.81. The molecule has 0 spiro atoms. The predicted octanol–water partition coefficient (Wildman–Crippen LogP) is 4.66. The Kier molecular flexibility index (Phi) is 5.03. The Labute approximate surface area is 166 Å². The van der Waals surface area contributed by atoms with Crippen LogP contribution in [0.3, 0.4) is 0 Å². The van der Waals surface area contributed by atoms with Crippen LogP contribution in [0.25, 0.3) is 0 Å². The van der Waals surface area contributed by atoms with E-state index in [2.05, 4.69) is 9.98 Å². The van der Waals surface area contributed by atoms with Crippen molar-refractivity contribution in [3.63, 3.8) is 0 Å². The van der Waals surface area contributed by atoms with E-state index in [9.17, 15) is 14.3 Å². The zero-order chi connectivity index (χ0) is 19.7. The molecule has 4 rings (SSSR count). The summed E-state index contributed by atoms with van der Waals surface area (Å²) in [6.07, 6.45) is 1.12. The number of hydrogen-bond acceptors (Lipinski definition) is 4. The molecule has 4 nitrogen and oxygen atoms in total. The molecule has 1 aliphatic rings. The number of carbonyl (C=O) groups is 1. The van der Waals surface area contributed by atoms with Crippen LogP contribution < -0.4 is 0 Å². The third-order valence-corrected chi connectivity index (χ3v) is 5.01. The maximum Gasteiger partial charge on any atom is 0.167 e. The molecule has 1 atom stereocenters. The zero-order valence-corrected chi connectivity index (χ0v) is 15.5. The van der Waals surface area contributed by atoms with Gasteiger partial charge in [-0.2, -0.15) is 0 Å². The second kappa shape index (κ2) is 7.62. The second-order valence-electron chi connectivity index (χ2n) is 6.60. The minimum atomic E-state index is -0.853. The molecule has 0 saturated carbocycles. The van der Waals surface area contributed by atoms with E-state index in [1.807, 2.05) is 30.3 Å². The Morgan fingerprint density at radius 1 is 1.18 bits per heavy atom. The van der Waals surface area contributed by atoms with E-state index in [1.54, 1.807) is 12.1 Å². The molecule has 1 unspecified atom stereocenters. The Morgan fingerprint density at radius 3 is 2.71 bits per heavy atom. The third kappa shape index (κ3) is 3.59. The first-order valence-electron chi connectivity index (χ1n) is 8.78. The van der Waals surface area contributed by atoms with Crippen molar-refractivity contribution in [1.82, 2.24) is 4.98 Å². The van der Waals surface area contributed by atoms with Crippen molar-refractivity contribution in [3.8, 4) is 0 Å². The van der Waals surface area contributed by atoms with Crippen LogP contribution in [0.2, 0.25) is 5.02 Å². The molecule has 0 amide bonds. The molecule has 0 saturated heterocycles. The van der Waals surface area contributed by atoms with Crippen LogP contribution in [0.15, 0.2) is 65.8 Å². The summed E-state index contributed by atoms with van der Waals surface area (Å²) in [6.45, 7) is 0. The molecule has 6 heteroatoms. The van der Waals surface area contributed by atoms with Gasteiger partial charge in [0.2, 0.25) is 0 Å². The lowest BCUT2D eigenvalue weighted by atomic mass is 9.95. The normalized spacial score (nSPS) is 13.8. The molecule has 0 fully saturated rings. The summed E-state index contributed by atoms with van der Waals surface area (Å²) in [4.78, 5) is 21.5. The Morgan fingerprint density at radius 2 is 1.96 bits per heavy atom. The molecule has 1 aliphatic heterocycles. The van der Waals surface area contributed by atoms with Crippen LogP contribution >= 0.6 is 11.6 Å². The monoisotopic (exact) mass is 394 g/mol. The number of fused-ring (bicyclic) bond motifs is 1. The minimum Gasteiger partial charge on any atom is -0.382 e. The van der Waals surface area contributed by atoms with Crippen LogP contribution in [0.4, 0.5) is 10.2 Å². The number of aromatic nitrogens is 1. The number of ketones is 1. The first-order valence-corrected chi connectivity index (χ1v) is 9.16. The maximum absolute atomic E-state index is 13.3. The lowest BCUT2D eigenvalue weighted by Gasteiger charge is -2.11. The number of aliphatic imine (C=N–C) groups is 1. The first kappa shape index (κ1) is 18.5. The fraction of sp³-hybridized carbons (Fsp3) is 0.136. The van der Waals surface area contributed by atoms with Crippen molar-refractivity contribution in [3.05, 3.63) is 93.9 Å². The quantitative estimate of drug-likeness (QED) is 0.640. The highest BCUT2D eigenvalue weighted by Crippen LogP contribution is 2.32. The number of hydrogen-bond donors (Lipinski definition) is 1. The molecule has 2 heterocycles. The second-order valence-corrected chi connectivity index (χ2v) is 7.01. The summed E-state index contributed by atoms with van der Waals surface area (Å²) in [6, 6.07) is 15.1. The number of halogens is 2. The molecule has 0 bridgehead atoms. The van der Waals surface area contributed by atoms with E-state index < -0.39 is 11.9 Å². The fourth-order valence-electron chi connectivity index (χ4n) is 3.29. The third-order valence-electron chi connectivity index (χ3n) is 4.72. The van der Waals surface area contributed by atoms with Gasteiger partial charge in [-0.25, -0.2) is 14.4 Å². The van der Waals surface area contributed by atoms with Gasteiger partial charge in [0.15, 0.2) is 11.6 Å². The van der Waals surface area contributed by atoms with Crippen LogP contribution in [-0.2, 0) is 12.8 Å². The van der Waals surface area contributed by atoms with Gasteiger partial charge in [-0.05, 0) is 29.3 Å². The van der Waals surface area contributed by atoms with Gasteiger partial charge in [0.05, 0.1) is 10.7 Å². The highest BCUT2D eigenvalue weighted by atomic mass is 35.5. The molecule has 1 aromatic heterocycles. The highest BCUT2D eigenvalue weighted by Gasteiger charge is 2.27. The van der Waals surface area contributed by atoms with Gasteiger partial charge in [-0.15, -0.1) is 0 Å². The average Bonchev–Trinajstić information content (AvgIpc) is 3.15. The van der Waals surface area contributed by atoms with Gasteiger partial charge in [0, 0.05) is 30.2 Å². The molecule has 0 aliphatic carbocycles. The zero-order valence-electron chi connectivity index (χ0n) is 14.8.